The zero-order chi connectivity index (χ0) is 17.2. The number of piperazine rings is 1. The monoisotopic (exact) mass is 355 g/mol. The molecule has 0 unspecified atom stereocenters. The molecule has 1 aliphatic heterocycles. The van der Waals surface area contributed by atoms with Crippen molar-refractivity contribution in [1.82, 2.24) is 20.4 Å². The number of hydrogen-bond donors (Lipinski definition) is 2. The van der Waals surface area contributed by atoms with Gasteiger partial charge in [-0.15, -0.1) is 0 Å². The maximum atomic E-state index is 11.9. The molecule has 0 spiro atoms. The van der Waals surface area contributed by atoms with Crippen molar-refractivity contribution in [1.29, 1.82) is 0 Å². The maximum Gasteiger partial charge on any atom is 0.234 e. The largest absolute Gasteiger partial charge is 0.357 e. The smallest absolute Gasteiger partial charge is 0.234 e. The Bertz CT molecular complexity index is 406. The number of hydrogen-bond acceptors (Lipinski definition) is 4. The molecule has 0 atom stereocenters. The van der Waals surface area contributed by atoms with E-state index in [4.69, 9.17) is 4.99 Å². The number of aliphatic imine (C=N–C) groups is 1. The number of unbranched alkanes of at least 4 members (excludes halogenated alkanes) is 1. The van der Waals surface area contributed by atoms with Gasteiger partial charge in [-0.3, -0.25) is 14.7 Å². The lowest BCUT2D eigenvalue weighted by Crippen LogP contribution is -2.54. The minimum absolute atomic E-state index is 0.181. The molecule has 0 aromatic heterocycles. The van der Waals surface area contributed by atoms with E-state index in [0.717, 1.165) is 64.5 Å². The SMILES string of the molecule is CCNC(=NCCCCSC)N1CCN(CC(=O)NC2CC2)CC1. The van der Waals surface area contributed by atoms with Gasteiger partial charge in [0.2, 0.25) is 5.91 Å². The van der Waals surface area contributed by atoms with Crippen molar-refractivity contribution in [2.45, 2.75) is 38.6 Å². The Hall–Kier alpha value is -0.950. The fourth-order valence-corrected chi connectivity index (χ4v) is 3.28. The molecule has 7 heteroatoms. The van der Waals surface area contributed by atoms with Crippen LogP contribution in [0.4, 0.5) is 0 Å². The van der Waals surface area contributed by atoms with Crippen LogP contribution in [0.15, 0.2) is 4.99 Å². The second-order valence-electron chi connectivity index (χ2n) is 6.54. The van der Waals surface area contributed by atoms with E-state index < -0.39 is 0 Å². The highest BCUT2D eigenvalue weighted by Crippen LogP contribution is 2.18. The second-order valence-corrected chi connectivity index (χ2v) is 7.53. The summed E-state index contributed by atoms with van der Waals surface area (Å²) in [6.45, 7) is 8.17. The predicted octanol–water partition coefficient (Wildman–Crippen LogP) is 0.991. The first-order valence-corrected chi connectivity index (χ1v) is 10.7. The predicted molar refractivity (Wildman–Crippen MR) is 103 cm³/mol. The van der Waals surface area contributed by atoms with Crippen LogP contribution in [0.3, 0.4) is 0 Å². The minimum Gasteiger partial charge on any atom is -0.357 e. The number of guanidine groups is 1. The van der Waals surface area contributed by atoms with Crippen LogP contribution in [0.1, 0.15) is 32.6 Å². The molecule has 2 N–H and O–H groups in total. The topological polar surface area (TPSA) is 60.0 Å². The summed E-state index contributed by atoms with van der Waals surface area (Å²) in [5, 5.41) is 6.47. The summed E-state index contributed by atoms with van der Waals surface area (Å²) in [5.74, 6) is 2.43. The van der Waals surface area contributed by atoms with E-state index in [1.54, 1.807) is 0 Å². The zero-order valence-corrected chi connectivity index (χ0v) is 16.0. The number of carbonyl (C=O) groups excluding carboxylic acids is 1. The quantitative estimate of drug-likeness (QED) is 0.367. The molecule has 1 heterocycles. The van der Waals surface area contributed by atoms with Gasteiger partial charge >= 0.3 is 0 Å². The van der Waals surface area contributed by atoms with Crippen molar-refractivity contribution in [2.24, 2.45) is 4.99 Å². The van der Waals surface area contributed by atoms with Crippen molar-refractivity contribution in [3.63, 3.8) is 0 Å². The Balaban J connectivity index is 1.70. The molecule has 1 aliphatic carbocycles. The fourth-order valence-electron chi connectivity index (χ4n) is 2.79. The molecular formula is C17H33N5OS. The molecule has 1 saturated heterocycles. The average Bonchev–Trinajstić information content (AvgIpc) is 3.38. The lowest BCUT2D eigenvalue weighted by atomic mass is 10.3. The number of nitrogens with one attached hydrogen (secondary N) is 2. The molecule has 6 nitrogen and oxygen atoms in total. The van der Waals surface area contributed by atoms with E-state index in [-0.39, 0.29) is 5.91 Å². The van der Waals surface area contributed by atoms with Crippen LogP contribution in [-0.4, -0.2) is 85.5 Å². The van der Waals surface area contributed by atoms with Crippen LogP contribution < -0.4 is 10.6 Å². The summed E-state index contributed by atoms with van der Waals surface area (Å²) in [6.07, 6.45) is 6.83. The maximum absolute atomic E-state index is 11.9. The number of amides is 1. The first kappa shape index (κ1) is 19.4. The van der Waals surface area contributed by atoms with Gasteiger partial charge in [0, 0.05) is 45.3 Å². The molecule has 0 aromatic carbocycles. The van der Waals surface area contributed by atoms with Crippen LogP contribution >= 0.6 is 11.8 Å². The highest BCUT2D eigenvalue weighted by Gasteiger charge is 2.25. The van der Waals surface area contributed by atoms with Crippen molar-refractivity contribution in [2.75, 3.05) is 57.8 Å². The lowest BCUT2D eigenvalue weighted by Gasteiger charge is -2.36. The number of carbonyl (C=O) groups is 1. The highest BCUT2D eigenvalue weighted by atomic mass is 32.2. The lowest BCUT2D eigenvalue weighted by molar-refractivity contribution is -0.122. The molecule has 24 heavy (non-hydrogen) atoms. The summed E-state index contributed by atoms with van der Waals surface area (Å²) in [6, 6.07) is 0.456. The number of rotatable bonds is 9. The van der Waals surface area contributed by atoms with Crippen molar-refractivity contribution < 1.29 is 4.79 Å². The van der Waals surface area contributed by atoms with Gasteiger partial charge < -0.3 is 15.5 Å². The standard InChI is InChI=1S/C17H33N5OS/c1-3-18-17(19-8-4-5-13-24-2)22-11-9-21(10-12-22)14-16(23)20-15-6-7-15/h15H,3-14H2,1-2H3,(H,18,19)(H,20,23). The van der Waals surface area contributed by atoms with E-state index in [0.29, 0.717) is 12.6 Å². The van der Waals surface area contributed by atoms with E-state index in [9.17, 15) is 4.79 Å². The van der Waals surface area contributed by atoms with Gasteiger partial charge in [-0.05, 0) is 44.6 Å². The summed E-state index contributed by atoms with van der Waals surface area (Å²) in [7, 11) is 0. The summed E-state index contributed by atoms with van der Waals surface area (Å²) < 4.78 is 0. The first-order chi connectivity index (χ1) is 11.7. The molecule has 1 saturated carbocycles. The van der Waals surface area contributed by atoms with Gasteiger partial charge in [0.25, 0.3) is 0 Å². The van der Waals surface area contributed by atoms with Gasteiger partial charge in [-0.1, -0.05) is 0 Å². The molecule has 2 fully saturated rings. The number of thioether (sulfide) groups is 1. The molecule has 1 amide bonds. The Morgan fingerprint density at radius 2 is 1.96 bits per heavy atom. The van der Waals surface area contributed by atoms with Crippen LogP contribution in [0.5, 0.6) is 0 Å². The van der Waals surface area contributed by atoms with Gasteiger partial charge in [0.1, 0.15) is 0 Å². The Labute approximate surface area is 150 Å². The van der Waals surface area contributed by atoms with E-state index in [1.165, 1.54) is 12.2 Å². The van der Waals surface area contributed by atoms with Crippen LogP contribution in [0.2, 0.25) is 0 Å². The third-order valence-corrected chi connectivity index (χ3v) is 5.03. The fraction of sp³-hybridized carbons (Fsp3) is 0.882. The molecule has 0 bridgehead atoms. The molecule has 0 aromatic rings. The van der Waals surface area contributed by atoms with E-state index in [1.807, 2.05) is 11.8 Å². The Kier molecular flexibility index (Phi) is 8.74. The van der Waals surface area contributed by atoms with Crippen molar-refractivity contribution in [3.05, 3.63) is 0 Å². The van der Waals surface area contributed by atoms with Crippen LogP contribution in [0.25, 0.3) is 0 Å². The number of nitrogens with zero attached hydrogens (tertiary/aromatic N) is 3. The molecule has 2 aliphatic rings. The second kappa shape index (κ2) is 10.8. The van der Waals surface area contributed by atoms with Gasteiger partial charge in [0.15, 0.2) is 5.96 Å². The van der Waals surface area contributed by atoms with Crippen molar-refractivity contribution >= 4 is 23.6 Å². The Morgan fingerprint density at radius 3 is 2.58 bits per heavy atom. The molecule has 138 valence electrons. The highest BCUT2D eigenvalue weighted by molar-refractivity contribution is 7.98. The summed E-state index contributed by atoms with van der Waals surface area (Å²) in [5.41, 5.74) is 0. The van der Waals surface area contributed by atoms with Gasteiger partial charge in [-0.25, -0.2) is 0 Å². The van der Waals surface area contributed by atoms with E-state index in [2.05, 4.69) is 33.6 Å². The molecule has 2 rings (SSSR count). The minimum atomic E-state index is 0.181. The molecule has 0 radical (unpaired) electrons. The zero-order valence-electron chi connectivity index (χ0n) is 15.2. The van der Waals surface area contributed by atoms with Crippen LogP contribution in [-0.2, 0) is 4.79 Å². The summed E-state index contributed by atoms with van der Waals surface area (Å²) >= 11 is 1.90. The van der Waals surface area contributed by atoms with Gasteiger partial charge in [-0.2, -0.15) is 11.8 Å². The van der Waals surface area contributed by atoms with Crippen LogP contribution in [0, 0.1) is 0 Å². The Morgan fingerprint density at radius 1 is 1.21 bits per heavy atom. The normalized spacial score (nSPS) is 19.4. The van der Waals surface area contributed by atoms with E-state index >= 15 is 0 Å². The third-order valence-electron chi connectivity index (χ3n) is 4.33. The van der Waals surface area contributed by atoms with Crippen molar-refractivity contribution in [3.8, 4) is 0 Å². The van der Waals surface area contributed by atoms with Gasteiger partial charge in [0.05, 0.1) is 6.54 Å². The third kappa shape index (κ3) is 7.30. The summed E-state index contributed by atoms with van der Waals surface area (Å²) in [4.78, 5) is 21.2. The average molecular weight is 356 g/mol. The first-order valence-electron chi connectivity index (χ1n) is 9.27. The molecular weight excluding hydrogens is 322 g/mol.